The van der Waals surface area contributed by atoms with Gasteiger partial charge in [0.2, 0.25) is 5.91 Å². The van der Waals surface area contributed by atoms with Crippen molar-refractivity contribution in [2.75, 3.05) is 20.8 Å². The van der Waals surface area contributed by atoms with E-state index in [1.807, 2.05) is 72.8 Å². The van der Waals surface area contributed by atoms with Crippen LogP contribution in [0.4, 0.5) is 4.79 Å². The summed E-state index contributed by atoms with van der Waals surface area (Å²) in [7, 11) is 3.21. The number of benzene rings is 3. The minimum absolute atomic E-state index is 0.213. The molecule has 0 spiro atoms. The van der Waals surface area contributed by atoms with Crippen molar-refractivity contribution in [3.63, 3.8) is 0 Å². The largest absolute Gasteiger partial charge is 0.493 e. The number of urea groups is 1. The minimum Gasteiger partial charge on any atom is -0.493 e. The lowest BCUT2D eigenvalue weighted by Gasteiger charge is -2.31. The van der Waals surface area contributed by atoms with Gasteiger partial charge in [0.05, 0.1) is 14.2 Å². The van der Waals surface area contributed by atoms with Gasteiger partial charge in [-0.3, -0.25) is 4.79 Å². The van der Waals surface area contributed by atoms with Gasteiger partial charge < -0.3 is 25.0 Å². The number of amides is 3. The molecule has 3 amide bonds. The molecule has 3 aromatic carbocycles. The molecule has 0 bridgehead atoms. The van der Waals surface area contributed by atoms with Crippen molar-refractivity contribution < 1.29 is 19.1 Å². The second-order valence-electron chi connectivity index (χ2n) is 8.54. The highest BCUT2D eigenvalue weighted by Gasteiger charge is 2.27. The molecule has 2 N–H and O–H groups in total. The van der Waals surface area contributed by atoms with E-state index in [0.29, 0.717) is 44.0 Å². The fraction of sp³-hybridized carbons (Fsp3) is 0.286. The van der Waals surface area contributed by atoms with Crippen LogP contribution in [0.25, 0.3) is 0 Å². The molecule has 0 fully saturated rings. The molecular weight excluding hydrogens is 442 g/mol. The third kappa shape index (κ3) is 6.12. The average Bonchev–Trinajstić information content (AvgIpc) is 2.91. The molecule has 0 aliphatic carbocycles. The van der Waals surface area contributed by atoms with Crippen LogP contribution in [0.15, 0.2) is 72.8 Å². The predicted molar refractivity (Wildman–Crippen MR) is 134 cm³/mol. The van der Waals surface area contributed by atoms with Gasteiger partial charge in [-0.2, -0.15) is 0 Å². The highest BCUT2D eigenvalue weighted by Crippen LogP contribution is 2.33. The quantitative estimate of drug-likeness (QED) is 0.523. The number of carbonyl (C=O) groups is 2. The molecule has 3 aromatic rings. The number of methoxy groups -OCH3 is 2. The number of carbonyl (C=O) groups excluding carboxylic acids is 2. The third-order valence-electron chi connectivity index (χ3n) is 6.21. The van der Waals surface area contributed by atoms with Gasteiger partial charge in [-0.25, -0.2) is 4.79 Å². The van der Waals surface area contributed by atoms with Crippen LogP contribution in [0.1, 0.15) is 22.3 Å². The maximum Gasteiger partial charge on any atom is 0.318 e. The molecular formula is C28H31N3O4. The summed E-state index contributed by atoms with van der Waals surface area (Å²) in [6, 6.07) is 22.4. The van der Waals surface area contributed by atoms with Gasteiger partial charge in [-0.1, -0.05) is 60.7 Å². The Morgan fingerprint density at radius 2 is 1.49 bits per heavy atom. The topological polar surface area (TPSA) is 79.9 Å². The monoisotopic (exact) mass is 473 g/mol. The Bertz CT molecular complexity index is 1150. The molecule has 1 heterocycles. The summed E-state index contributed by atoms with van der Waals surface area (Å²) in [6.45, 7) is 1.39. The number of ether oxygens (including phenoxy) is 2. The van der Waals surface area contributed by atoms with Crippen molar-refractivity contribution in [2.45, 2.75) is 32.0 Å². The highest BCUT2D eigenvalue weighted by molar-refractivity contribution is 5.87. The Hall–Kier alpha value is -4.00. The van der Waals surface area contributed by atoms with Gasteiger partial charge in [0, 0.05) is 26.1 Å². The molecule has 0 aromatic heterocycles. The lowest BCUT2D eigenvalue weighted by Crippen LogP contribution is -2.52. The molecule has 0 saturated heterocycles. The Morgan fingerprint density at radius 3 is 2.11 bits per heavy atom. The van der Waals surface area contributed by atoms with E-state index in [9.17, 15) is 9.59 Å². The Balaban J connectivity index is 1.46. The predicted octanol–water partition coefficient (Wildman–Crippen LogP) is 3.70. The van der Waals surface area contributed by atoms with E-state index in [1.54, 1.807) is 19.1 Å². The van der Waals surface area contributed by atoms with Crippen molar-refractivity contribution in [3.8, 4) is 11.5 Å². The lowest BCUT2D eigenvalue weighted by atomic mass is 9.99. The Morgan fingerprint density at radius 1 is 0.886 bits per heavy atom. The van der Waals surface area contributed by atoms with Crippen LogP contribution in [0.5, 0.6) is 11.5 Å². The van der Waals surface area contributed by atoms with Crippen LogP contribution in [-0.4, -0.2) is 43.6 Å². The van der Waals surface area contributed by atoms with E-state index in [1.165, 1.54) is 0 Å². The second kappa shape index (κ2) is 11.4. The molecule has 0 radical (unpaired) electrons. The van der Waals surface area contributed by atoms with Gasteiger partial charge in [0.1, 0.15) is 6.04 Å². The van der Waals surface area contributed by atoms with E-state index in [4.69, 9.17) is 9.47 Å². The maximum absolute atomic E-state index is 13.2. The Labute approximate surface area is 206 Å². The molecule has 1 aliphatic heterocycles. The average molecular weight is 474 g/mol. The van der Waals surface area contributed by atoms with Gasteiger partial charge in [-0.15, -0.1) is 0 Å². The second-order valence-corrected chi connectivity index (χ2v) is 8.54. The summed E-state index contributed by atoms with van der Waals surface area (Å²) in [5.41, 5.74) is 4.13. The first-order chi connectivity index (χ1) is 17.1. The van der Waals surface area contributed by atoms with Gasteiger partial charge >= 0.3 is 6.03 Å². The number of hydrogen-bond donors (Lipinski definition) is 2. The molecule has 0 saturated carbocycles. The van der Waals surface area contributed by atoms with Crippen molar-refractivity contribution >= 4 is 11.9 Å². The van der Waals surface area contributed by atoms with E-state index in [0.717, 1.165) is 22.3 Å². The first-order valence-electron chi connectivity index (χ1n) is 11.7. The summed E-state index contributed by atoms with van der Waals surface area (Å²) >= 11 is 0. The first-order valence-corrected chi connectivity index (χ1v) is 11.7. The summed E-state index contributed by atoms with van der Waals surface area (Å²) in [4.78, 5) is 28.1. The van der Waals surface area contributed by atoms with Crippen molar-refractivity contribution in [2.24, 2.45) is 0 Å². The van der Waals surface area contributed by atoms with E-state index < -0.39 is 6.04 Å². The van der Waals surface area contributed by atoms with Crippen molar-refractivity contribution in [1.29, 1.82) is 0 Å². The maximum atomic E-state index is 13.2. The van der Waals surface area contributed by atoms with Crippen LogP contribution in [0.3, 0.4) is 0 Å². The number of nitrogens with one attached hydrogen (secondary N) is 2. The van der Waals surface area contributed by atoms with Gasteiger partial charge in [0.25, 0.3) is 0 Å². The fourth-order valence-corrected chi connectivity index (χ4v) is 4.26. The lowest BCUT2D eigenvalue weighted by molar-refractivity contribution is -0.123. The Kier molecular flexibility index (Phi) is 7.88. The summed E-state index contributed by atoms with van der Waals surface area (Å²) in [5.74, 6) is 1.10. The summed E-state index contributed by atoms with van der Waals surface area (Å²) in [6.07, 6.45) is 1.11. The molecule has 7 heteroatoms. The smallest absolute Gasteiger partial charge is 0.318 e. The SMILES string of the molecule is COc1cc2c(cc1OC)CN(C(=O)N[C@@H](Cc1ccccc1)C(=O)NCc1ccccc1)CC2. The fourth-order valence-electron chi connectivity index (χ4n) is 4.26. The first kappa shape index (κ1) is 24.1. The minimum atomic E-state index is -0.694. The van der Waals surface area contributed by atoms with Crippen LogP contribution in [0, 0.1) is 0 Å². The van der Waals surface area contributed by atoms with Crippen LogP contribution >= 0.6 is 0 Å². The molecule has 182 valence electrons. The third-order valence-corrected chi connectivity index (χ3v) is 6.21. The molecule has 35 heavy (non-hydrogen) atoms. The molecule has 1 atom stereocenters. The van der Waals surface area contributed by atoms with Crippen molar-refractivity contribution in [3.05, 3.63) is 95.1 Å². The van der Waals surface area contributed by atoms with E-state index in [2.05, 4.69) is 10.6 Å². The zero-order valence-electron chi connectivity index (χ0n) is 20.1. The van der Waals surface area contributed by atoms with E-state index >= 15 is 0 Å². The standard InChI is InChI=1S/C28H31N3O4/c1-34-25-16-22-13-14-31(19-23(22)17-26(25)35-2)28(33)30-24(15-20-9-5-3-6-10-20)27(32)29-18-21-11-7-4-8-12-21/h3-12,16-17,24H,13-15,18-19H2,1-2H3,(H,29,32)(H,30,33)/t24-/m0/s1. The molecule has 7 nitrogen and oxygen atoms in total. The number of fused-ring (bicyclic) bond motifs is 1. The number of rotatable bonds is 8. The zero-order chi connectivity index (χ0) is 24.6. The zero-order valence-corrected chi connectivity index (χ0v) is 20.1. The van der Waals surface area contributed by atoms with Crippen LogP contribution in [-0.2, 0) is 30.7 Å². The van der Waals surface area contributed by atoms with Crippen LogP contribution in [0.2, 0.25) is 0 Å². The number of hydrogen-bond acceptors (Lipinski definition) is 4. The molecule has 1 aliphatic rings. The van der Waals surface area contributed by atoms with Gasteiger partial charge in [0.15, 0.2) is 11.5 Å². The summed E-state index contributed by atoms with van der Waals surface area (Å²) < 4.78 is 10.8. The number of nitrogens with zero attached hydrogens (tertiary/aromatic N) is 1. The van der Waals surface area contributed by atoms with Crippen molar-refractivity contribution in [1.82, 2.24) is 15.5 Å². The van der Waals surface area contributed by atoms with Crippen LogP contribution < -0.4 is 20.1 Å². The van der Waals surface area contributed by atoms with Gasteiger partial charge in [-0.05, 0) is 40.8 Å². The normalized spacial score (nSPS) is 13.4. The molecule has 4 rings (SSSR count). The molecule has 0 unspecified atom stereocenters. The van der Waals surface area contributed by atoms with E-state index in [-0.39, 0.29) is 11.9 Å². The highest BCUT2D eigenvalue weighted by atomic mass is 16.5. The summed E-state index contributed by atoms with van der Waals surface area (Å²) in [5, 5.41) is 5.94.